The van der Waals surface area contributed by atoms with E-state index in [4.69, 9.17) is 10.5 Å². The molecular formula is C12H10N6O2. The molecule has 100 valence electrons. The standard InChI is InChI=1S/C12H10N6O2/c13-11-7-3-1-2-4-8(7)15-10(16-11)6-20-12(19)9-5-14-18-17-9/h1-5H,6H2,(H2,13,15,16)(H,14,17,18). The van der Waals surface area contributed by atoms with Crippen LogP contribution < -0.4 is 5.73 Å². The summed E-state index contributed by atoms with van der Waals surface area (Å²) >= 11 is 0. The van der Waals surface area contributed by atoms with Gasteiger partial charge in [-0.25, -0.2) is 14.8 Å². The van der Waals surface area contributed by atoms with Crippen molar-refractivity contribution in [2.75, 3.05) is 5.73 Å². The van der Waals surface area contributed by atoms with Crippen LogP contribution in [0.1, 0.15) is 16.3 Å². The third-order valence-corrected chi connectivity index (χ3v) is 2.64. The Hall–Kier alpha value is -3.03. The maximum atomic E-state index is 11.6. The first-order valence-electron chi connectivity index (χ1n) is 5.78. The van der Waals surface area contributed by atoms with Gasteiger partial charge < -0.3 is 10.5 Å². The van der Waals surface area contributed by atoms with Crippen molar-refractivity contribution in [3.05, 3.63) is 42.0 Å². The summed E-state index contributed by atoms with van der Waals surface area (Å²) in [7, 11) is 0. The lowest BCUT2D eigenvalue weighted by molar-refractivity contribution is 0.0455. The van der Waals surface area contributed by atoms with E-state index in [9.17, 15) is 4.79 Å². The number of fused-ring (bicyclic) bond motifs is 1. The number of carbonyl (C=O) groups excluding carboxylic acids is 1. The summed E-state index contributed by atoms with van der Waals surface area (Å²) in [5, 5.41) is 10.2. The third-order valence-electron chi connectivity index (χ3n) is 2.64. The summed E-state index contributed by atoms with van der Waals surface area (Å²) in [6.07, 6.45) is 1.28. The van der Waals surface area contributed by atoms with Crippen molar-refractivity contribution in [3.8, 4) is 0 Å². The van der Waals surface area contributed by atoms with Gasteiger partial charge in [0.15, 0.2) is 18.1 Å². The highest BCUT2D eigenvalue weighted by Gasteiger charge is 2.12. The average Bonchev–Trinajstić information content (AvgIpc) is 2.99. The van der Waals surface area contributed by atoms with Crippen molar-refractivity contribution in [1.29, 1.82) is 0 Å². The molecule has 1 aromatic carbocycles. The molecule has 0 saturated carbocycles. The molecule has 0 saturated heterocycles. The molecule has 0 aliphatic rings. The number of aromatic nitrogens is 5. The Morgan fingerprint density at radius 1 is 1.30 bits per heavy atom. The van der Waals surface area contributed by atoms with E-state index in [1.807, 2.05) is 24.3 Å². The molecule has 2 heterocycles. The van der Waals surface area contributed by atoms with Crippen molar-refractivity contribution >= 4 is 22.7 Å². The lowest BCUT2D eigenvalue weighted by Crippen LogP contribution is -2.09. The molecule has 2 aromatic heterocycles. The molecule has 20 heavy (non-hydrogen) atoms. The zero-order chi connectivity index (χ0) is 13.9. The number of nitrogens with two attached hydrogens (primary N) is 1. The van der Waals surface area contributed by atoms with E-state index in [2.05, 4.69) is 25.4 Å². The first kappa shape index (κ1) is 12.0. The predicted octanol–water partition coefficient (Wildman–Crippen LogP) is 0.687. The van der Waals surface area contributed by atoms with Gasteiger partial charge in [0.05, 0.1) is 11.7 Å². The molecule has 0 radical (unpaired) electrons. The quantitative estimate of drug-likeness (QED) is 0.671. The number of para-hydroxylation sites is 1. The number of benzene rings is 1. The molecule has 0 unspecified atom stereocenters. The average molecular weight is 270 g/mol. The van der Waals surface area contributed by atoms with Crippen molar-refractivity contribution in [3.63, 3.8) is 0 Å². The van der Waals surface area contributed by atoms with E-state index in [0.29, 0.717) is 17.2 Å². The second kappa shape index (κ2) is 4.92. The number of aromatic amines is 1. The largest absolute Gasteiger partial charge is 0.453 e. The van der Waals surface area contributed by atoms with E-state index < -0.39 is 5.97 Å². The van der Waals surface area contributed by atoms with Gasteiger partial charge in [0, 0.05) is 5.39 Å². The minimum Gasteiger partial charge on any atom is -0.453 e. The molecule has 0 fully saturated rings. The molecule has 0 bridgehead atoms. The topological polar surface area (TPSA) is 120 Å². The zero-order valence-corrected chi connectivity index (χ0v) is 10.3. The Balaban J connectivity index is 1.79. The highest BCUT2D eigenvalue weighted by Crippen LogP contribution is 2.17. The lowest BCUT2D eigenvalue weighted by Gasteiger charge is -2.05. The minimum absolute atomic E-state index is 0.0826. The predicted molar refractivity (Wildman–Crippen MR) is 69.5 cm³/mol. The van der Waals surface area contributed by atoms with Gasteiger partial charge in [-0.3, -0.25) is 0 Å². The van der Waals surface area contributed by atoms with Crippen molar-refractivity contribution < 1.29 is 9.53 Å². The fraction of sp³-hybridized carbons (Fsp3) is 0.0833. The van der Waals surface area contributed by atoms with Gasteiger partial charge in [0.25, 0.3) is 0 Å². The number of hydrogen-bond donors (Lipinski definition) is 2. The van der Waals surface area contributed by atoms with Gasteiger partial charge in [-0.15, -0.1) is 5.10 Å². The van der Waals surface area contributed by atoms with Crippen molar-refractivity contribution in [2.24, 2.45) is 0 Å². The number of anilines is 1. The van der Waals surface area contributed by atoms with Crippen LogP contribution in [-0.2, 0) is 11.3 Å². The number of rotatable bonds is 3. The molecule has 3 aromatic rings. The Morgan fingerprint density at radius 2 is 2.15 bits per heavy atom. The number of esters is 1. The molecule has 0 aliphatic carbocycles. The molecule has 3 N–H and O–H groups in total. The number of ether oxygens (including phenoxy) is 1. The normalized spacial score (nSPS) is 10.6. The van der Waals surface area contributed by atoms with Gasteiger partial charge in [-0.05, 0) is 12.1 Å². The lowest BCUT2D eigenvalue weighted by atomic mass is 10.2. The number of nitrogens with one attached hydrogen (secondary N) is 1. The van der Waals surface area contributed by atoms with Gasteiger partial charge >= 0.3 is 5.97 Å². The SMILES string of the molecule is Nc1nc(COC(=O)c2cn[nH]n2)nc2ccccc12. The molecular weight excluding hydrogens is 260 g/mol. The van der Waals surface area contributed by atoms with Crippen LogP contribution in [0.4, 0.5) is 5.82 Å². The summed E-state index contributed by atoms with van der Waals surface area (Å²) in [5.41, 5.74) is 6.64. The minimum atomic E-state index is -0.603. The van der Waals surface area contributed by atoms with Gasteiger partial charge in [-0.2, -0.15) is 10.3 Å². The summed E-state index contributed by atoms with van der Waals surface area (Å²) in [6, 6.07) is 7.35. The van der Waals surface area contributed by atoms with E-state index in [-0.39, 0.29) is 12.3 Å². The molecule has 0 spiro atoms. The number of hydrogen-bond acceptors (Lipinski definition) is 7. The van der Waals surface area contributed by atoms with Gasteiger partial charge in [0.2, 0.25) is 0 Å². The monoisotopic (exact) mass is 270 g/mol. The smallest absolute Gasteiger partial charge is 0.360 e. The first-order valence-corrected chi connectivity index (χ1v) is 5.78. The third kappa shape index (κ3) is 2.26. The fourth-order valence-electron chi connectivity index (χ4n) is 1.72. The second-order valence-electron chi connectivity index (χ2n) is 3.97. The highest BCUT2D eigenvalue weighted by molar-refractivity contribution is 5.88. The van der Waals surface area contributed by atoms with Crippen LogP contribution in [0.5, 0.6) is 0 Å². The molecule has 0 atom stereocenters. The van der Waals surface area contributed by atoms with Gasteiger partial charge in [-0.1, -0.05) is 12.1 Å². The van der Waals surface area contributed by atoms with E-state index in [1.54, 1.807) is 0 Å². The Bertz CT molecular complexity index is 756. The molecule has 8 nitrogen and oxygen atoms in total. The first-order chi connectivity index (χ1) is 9.74. The zero-order valence-electron chi connectivity index (χ0n) is 10.3. The Kier molecular flexibility index (Phi) is 2.96. The molecule has 3 rings (SSSR count). The van der Waals surface area contributed by atoms with Crippen LogP contribution in [0.2, 0.25) is 0 Å². The van der Waals surface area contributed by atoms with Crippen LogP contribution in [0.25, 0.3) is 10.9 Å². The van der Waals surface area contributed by atoms with Crippen LogP contribution >= 0.6 is 0 Å². The summed E-state index contributed by atoms with van der Waals surface area (Å²) in [5.74, 6) is 0.0789. The number of carbonyl (C=O) groups is 1. The van der Waals surface area contributed by atoms with E-state index in [1.165, 1.54) is 6.20 Å². The fourth-order valence-corrected chi connectivity index (χ4v) is 1.72. The second-order valence-corrected chi connectivity index (χ2v) is 3.97. The summed E-state index contributed by atoms with van der Waals surface area (Å²) in [6.45, 7) is -0.0826. The van der Waals surface area contributed by atoms with E-state index in [0.717, 1.165) is 5.39 Å². The van der Waals surface area contributed by atoms with Crippen LogP contribution in [-0.4, -0.2) is 31.3 Å². The van der Waals surface area contributed by atoms with Crippen molar-refractivity contribution in [2.45, 2.75) is 6.61 Å². The maximum absolute atomic E-state index is 11.6. The van der Waals surface area contributed by atoms with Crippen LogP contribution in [0.3, 0.4) is 0 Å². The Morgan fingerprint density at radius 3 is 2.95 bits per heavy atom. The molecule has 0 aliphatic heterocycles. The van der Waals surface area contributed by atoms with E-state index >= 15 is 0 Å². The van der Waals surface area contributed by atoms with Crippen LogP contribution in [0.15, 0.2) is 30.5 Å². The summed E-state index contributed by atoms with van der Waals surface area (Å²) in [4.78, 5) is 20.0. The summed E-state index contributed by atoms with van der Waals surface area (Å²) < 4.78 is 5.03. The number of H-pyrrole nitrogens is 1. The van der Waals surface area contributed by atoms with Gasteiger partial charge in [0.1, 0.15) is 5.82 Å². The number of nitrogen functional groups attached to an aromatic ring is 1. The van der Waals surface area contributed by atoms with Crippen LogP contribution in [0, 0.1) is 0 Å². The molecule has 8 heteroatoms. The molecule has 0 amide bonds. The number of nitrogens with zero attached hydrogens (tertiary/aromatic N) is 4. The maximum Gasteiger partial charge on any atom is 0.360 e. The van der Waals surface area contributed by atoms with Crippen molar-refractivity contribution in [1.82, 2.24) is 25.4 Å². The highest BCUT2D eigenvalue weighted by atomic mass is 16.5. The Labute approximate surface area is 113 Å².